The van der Waals surface area contributed by atoms with E-state index in [4.69, 9.17) is 9.47 Å². The van der Waals surface area contributed by atoms with Gasteiger partial charge in [0, 0.05) is 0 Å². The number of aliphatic hydroxyl groups is 1. The van der Waals surface area contributed by atoms with Crippen LogP contribution >= 0.6 is 23.5 Å². The summed E-state index contributed by atoms with van der Waals surface area (Å²) in [5.74, 6) is -2.86. The number of carbonyl (C=O) groups excluding carboxylic acids is 2. The first-order chi connectivity index (χ1) is 18.0. The summed E-state index contributed by atoms with van der Waals surface area (Å²) in [4.78, 5) is 25.8. The molecule has 0 aliphatic carbocycles. The smallest absolute Gasteiger partial charge is 0.375 e. The average molecular weight is 539 g/mol. The van der Waals surface area contributed by atoms with Crippen molar-refractivity contribution in [2.75, 3.05) is 12.4 Å². The molecule has 1 N–H and O–H groups in total. The Hall–Kier alpha value is -4.24. The lowest BCUT2D eigenvalue weighted by molar-refractivity contribution is -0.169. The number of hydrogen-bond acceptors (Lipinski definition) is 13. The van der Waals surface area contributed by atoms with Crippen LogP contribution in [0.5, 0.6) is 0 Å². The predicted molar refractivity (Wildman–Crippen MR) is 130 cm³/mol. The van der Waals surface area contributed by atoms with Gasteiger partial charge >= 0.3 is 11.9 Å². The number of carbonyl (C=O) groups is 2. The number of rotatable bonds is 9. The first-order valence-corrected chi connectivity index (χ1v) is 12.7. The van der Waals surface area contributed by atoms with Gasteiger partial charge < -0.3 is 14.6 Å². The topological polar surface area (TPSA) is 160 Å². The SMILES string of the molecule is CCOC(=O)C1(CSc2nnnn2-c2ccccc2)OC(=O)C(O)=C1Sc1nnnn1-c1ccccc1. The number of ether oxygens (including phenoxy) is 2. The molecule has 0 saturated carbocycles. The van der Waals surface area contributed by atoms with Gasteiger partial charge in [0.05, 0.1) is 28.6 Å². The van der Waals surface area contributed by atoms with Gasteiger partial charge in [-0.1, -0.05) is 48.2 Å². The minimum atomic E-state index is -1.99. The number of thioether (sulfide) groups is 2. The monoisotopic (exact) mass is 538 g/mol. The highest BCUT2D eigenvalue weighted by Crippen LogP contribution is 2.46. The van der Waals surface area contributed by atoms with Crippen LogP contribution in [0, 0.1) is 0 Å². The molecule has 15 heteroatoms. The minimum absolute atomic E-state index is 0.0189. The molecule has 37 heavy (non-hydrogen) atoms. The van der Waals surface area contributed by atoms with Gasteiger partial charge in [-0.2, -0.15) is 9.36 Å². The first kappa shape index (κ1) is 24.5. The Labute approximate surface area is 217 Å². The Morgan fingerprint density at radius 3 is 2.14 bits per heavy atom. The molecular weight excluding hydrogens is 520 g/mol. The van der Waals surface area contributed by atoms with E-state index in [2.05, 4.69) is 31.1 Å². The number of esters is 2. The molecule has 0 fully saturated rings. The van der Waals surface area contributed by atoms with Crippen molar-refractivity contribution >= 4 is 35.5 Å². The van der Waals surface area contributed by atoms with Gasteiger partial charge in [-0.05, 0) is 63.8 Å². The number of nitrogens with zero attached hydrogens (tertiary/aromatic N) is 8. The second-order valence-corrected chi connectivity index (χ2v) is 9.34. The molecule has 0 saturated heterocycles. The highest BCUT2D eigenvalue weighted by molar-refractivity contribution is 8.03. The van der Waals surface area contributed by atoms with Crippen molar-refractivity contribution in [3.05, 3.63) is 71.3 Å². The summed E-state index contributed by atoms with van der Waals surface area (Å²) in [6.07, 6.45) is 0. The third kappa shape index (κ3) is 4.65. The molecule has 188 valence electrons. The van der Waals surface area contributed by atoms with Crippen LogP contribution in [0.15, 0.2) is 81.6 Å². The molecule has 0 spiro atoms. The van der Waals surface area contributed by atoms with E-state index in [1.807, 2.05) is 36.4 Å². The van der Waals surface area contributed by atoms with Crippen molar-refractivity contribution in [2.24, 2.45) is 0 Å². The van der Waals surface area contributed by atoms with Crippen LogP contribution in [0.4, 0.5) is 0 Å². The summed E-state index contributed by atoms with van der Waals surface area (Å²) in [7, 11) is 0. The van der Waals surface area contributed by atoms with Gasteiger partial charge in [-0.25, -0.2) is 9.59 Å². The van der Waals surface area contributed by atoms with E-state index in [0.29, 0.717) is 16.5 Å². The third-order valence-corrected chi connectivity index (χ3v) is 7.36. The summed E-state index contributed by atoms with van der Waals surface area (Å²) in [6, 6.07) is 18.2. The molecule has 5 rings (SSSR count). The van der Waals surface area contributed by atoms with E-state index in [-0.39, 0.29) is 22.4 Å². The van der Waals surface area contributed by atoms with Gasteiger partial charge in [-0.3, -0.25) is 0 Å². The zero-order chi connectivity index (χ0) is 25.8. The average Bonchev–Trinajstić information content (AvgIpc) is 3.65. The lowest BCUT2D eigenvalue weighted by Gasteiger charge is -2.26. The van der Waals surface area contributed by atoms with Gasteiger partial charge in [0.25, 0.3) is 5.60 Å². The van der Waals surface area contributed by atoms with Crippen molar-refractivity contribution in [2.45, 2.75) is 22.8 Å². The van der Waals surface area contributed by atoms with Gasteiger partial charge in [0.1, 0.15) is 0 Å². The molecule has 2 aromatic heterocycles. The van der Waals surface area contributed by atoms with Crippen LogP contribution in [-0.4, -0.2) is 75.4 Å². The predicted octanol–water partition coefficient (Wildman–Crippen LogP) is 2.15. The van der Waals surface area contributed by atoms with E-state index in [1.165, 1.54) is 9.36 Å². The normalized spacial score (nSPS) is 17.2. The van der Waals surface area contributed by atoms with E-state index in [0.717, 1.165) is 23.5 Å². The molecule has 2 aromatic carbocycles. The summed E-state index contributed by atoms with van der Waals surface area (Å²) in [5.41, 5.74) is -0.662. The molecule has 1 atom stereocenters. The van der Waals surface area contributed by atoms with E-state index >= 15 is 0 Å². The highest BCUT2D eigenvalue weighted by Gasteiger charge is 2.56. The number of cyclic esters (lactones) is 1. The Kier molecular flexibility index (Phi) is 6.87. The van der Waals surface area contributed by atoms with Gasteiger partial charge in [0.2, 0.25) is 16.1 Å². The molecule has 1 aliphatic rings. The van der Waals surface area contributed by atoms with Crippen molar-refractivity contribution in [1.82, 2.24) is 40.4 Å². The number of para-hydroxylation sites is 2. The van der Waals surface area contributed by atoms with Crippen LogP contribution in [0.25, 0.3) is 11.4 Å². The lowest BCUT2D eigenvalue weighted by atomic mass is 10.1. The van der Waals surface area contributed by atoms with Crippen LogP contribution < -0.4 is 0 Å². The molecule has 1 aliphatic heterocycles. The maximum atomic E-state index is 13.3. The van der Waals surface area contributed by atoms with E-state index in [9.17, 15) is 14.7 Å². The highest BCUT2D eigenvalue weighted by atomic mass is 32.2. The Morgan fingerprint density at radius 1 is 0.973 bits per heavy atom. The zero-order valence-corrected chi connectivity index (χ0v) is 20.8. The zero-order valence-electron chi connectivity index (χ0n) is 19.2. The minimum Gasteiger partial charge on any atom is -0.501 e. The quantitative estimate of drug-likeness (QED) is 0.244. The molecular formula is C22H18N8O5S2. The van der Waals surface area contributed by atoms with Gasteiger partial charge in [0.15, 0.2) is 0 Å². The summed E-state index contributed by atoms with van der Waals surface area (Å²) in [5, 5.41) is 34.7. The Balaban J connectivity index is 1.50. The molecule has 0 amide bonds. The van der Waals surface area contributed by atoms with Crippen molar-refractivity contribution in [3.8, 4) is 11.4 Å². The Morgan fingerprint density at radius 2 is 1.54 bits per heavy atom. The first-order valence-electron chi connectivity index (χ1n) is 10.9. The molecule has 4 aromatic rings. The summed E-state index contributed by atoms with van der Waals surface area (Å²) >= 11 is 1.88. The van der Waals surface area contributed by atoms with Crippen molar-refractivity contribution < 1.29 is 24.2 Å². The standard InChI is InChI=1S/C22H18N8O5S2/c1-2-34-19(33)22(13-36-20-23-25-27-29(20)14-9-5-3-6-10-14)17(16(31)18(32)35-22)37-21-24-26-28-30(21)15-11-7-4-8-12-15/h3-12,31H,2,13H2,1H3. The van der Waals surface area contributed by atoms with Gasteiger partial charge in [-0.15, -0.1) is 10.2 Å². The van der Waals surface area contributed by atoms with Crippen LogP contribution in [-0.2, 0) is 19.1 Å². The van der Waals surface area contributed by atoms with Crippen LogP contribution in [0.1, 0.15) is 6.92 Å². The molecule has 3 heterocycles. The Bertz CT molecular complexity index is 1460. The van der Waals surface area contributed by atoms with Crippen LogP contribution in [0.2, 0.25) is 0 Å². The second-order valence-electron chi connectivity index (χ2n) is 7.42. The lowest BCUT2D eigenvalue weighted by Crippen LogP contribution is -2.45. The number of hydrogen-bond donors (Lipinski definition) is 1. The number of aliphatic hydroxyl groups excluding tert-OH is 1. The van der Waals surface area contributed by atoms with E-state index < -0.39 is 23.3 Å². The molecule has 13 nitrogen and oxygen atoms in total. The number of benzene rings is 2. The third-order valence-electron chi connectivity index (χ3n) is 5.13. The fraction of sp³-hybridized carbons (Fsp3) is 0.182. The summed E-state index contributed by atoms with van der Waals surface area (Å²) < 4.78 is 13.6. The maximum Gasteiger partial charge on any atom is 0.375 e. The second kappa shape index (κ2) is 10.4. The van der Waals surface area contributed by atoms with Crippen LogP contribution in [0.3, 0.4) is 0 Å². The summed E-state index contributed by atoms with van der Waals surface area (Å²) in [6.45, 7) is 1.64. The van der Waals surface area contributed by atoms with Crippen molar-refractivity contribution in [3.63, 3.8) is 0 Å². The number of tetrazole rings is 2. The number of aromatic nitrogens is 8. The molecule has 1 unspecified atom stereocenters. The fourth-order valence-electron chi connectivity index (χ4n) is 3.44. The fourth-order valence-corrected chi connectivity index (χ4v) is 5.57. The largest absolute Gasteiger partial charge is 0.501 e. The molecule has 0 bridgehead atoms. The van der Waals surface area contributed by atoms with E-state index in [1.54, 1.807) is 31.2 Å². The maximum absolute atomic E-state index is 13.3. The van der Waals surface area contributed by atoms with Crippen molar-refractivity contribution in [1.29, 1.82) is 0 Å². The molecule has 0 radical (unpaired) electrons.